The van der Waals surface area contributed by atoms with Crippen LogP contribution in [0.3, 0.4) is 0 Å². The Balaban J connectivity index is 1.33. The van der Waals surface area contributed by atoms with E-state index in [2.05, 4.69) is 38.9 Å². The van der Waals surface area contributed by atoms with E-state index in [9.17, 15) is 5.26 Å². The molecular formula is C26H37N7O2. The van der Waals surface area contributed by atoms with E-state index < -0.39 is 5.41 Å². The van der Waals surface area contributed by atoms with E-state index in [0.717, 1.165) is 68.2 Å². The molecule has 4 rings (SSSR count). The van der Waals surface area contributed by atoms with Gasteiger partial charge in [-0.2, -0.15) is 5.26 Å². The van der Waals surface area contributed by atoms with Gasteiger partial charge in [0.25, 0.3) is 0 Å². The van der Waals surface area contributed by atoms with Gasteiger partial charge in [-0.25, -0.2) is 15.0 Å². The molecule has 0 bridgehead atoms. The maximum absolute atomic E-state index is 9.69. The highest BCUT2D eigenvalue weighted by Gasteiger charge is 2.32. The average Bonchev–Trinajstić information content (AvgIpc) is 2.90. The first-order valence-electron chi connectivity index (χ1n) is 12.6. The molecule has 9 nitrogen and oxygen atoms in total. The van der Waals surface area contributed by atoms with Crippen molar-refractivity contribution in [3.05, 3.63) is 30.6 Å². The molecule has 35 heavy (non-hydrogen) atoms. The smallest absolute Gasteiger partial charge is 0.130 e. The third-order valence-corrected chi connectivity index (χ3v) is 6.99. The van der Waals surface area contributed by atoms with E-state index in [1.807, 2.05) is 24.3 Å². The fraction of sp³-hybridized carbons (Fsp3) is 0.615. The molecular weight excluding hydrogens is 442 g/mol. The lowest BCUT2D eigenvalue weighted by atomic mass is 9.82. The van der Waals surface area contributed by atoms with Crippen LogP contribution >= 0.6 is 0 Å². The molecule has 0 aromatic carbocycles. The first kappa shape index (κ1) is 25.3. The zero-order valence-electron chi connectivity index (χ0n) is 20.8. The van der Waals surface area contributed by atoms with Crippen LogP contribution in [0.5, 0.6) is 0 Å². The van der Waals surface area contributed by atoms with Gasteiger partial charge in [0, 0.05) is 51.1 Å². The standard InChI is InChI=1S/C26H37N7O2/c1-19(15-34-2)31-20-6-8-21(9-7-20)32-25-14-23(29-18-30-25)22-4-3-5-24(33-22)28-17-26(16-27)10-12-35-13-11-26/h3-5,14,18-21,31H,6-13,15,17H2,1-2H3,(H,28,33)(H,29,30,32). The highest BCUT2D eigenvalue weighted by atomic mass is 16.5. The Morgan fingerprint density at radius 1 is 1.11 bits per heavy atom. The Labute approximate surface area is 208 Å². The van der Waals surface area contributed by atoms with Gasteiger partial charge in [0.05, 0.1) is 29.5 Å². The lowest BCUT2D eigenvalue weighted by Crippen LogP contribution is -2.42. The zero-order chi connectivity index (χ0) is 24.5. The molecule has 1 aliphatic heterocycles. The molecule has 1 atom stereocenters. The van der Waals surface area contributed by atoms with Crippen LogP contribution in [0.4, 0.5) is 11.6 Å². The van der Waals surface area contributed by atoms with Gasteiger partial charge in [0.15, 0.2) is 0 Å². The first-order valence-corrected chi connectivity index (χ1v) is 12.6. The number of anilines is 2. The second-order valence-corrected chi connectivity index (χ2v) is 9.77. The maximum atomic E-state index is 9.69. The number of nitrogens with one attached hydrogen (secondary N) is 3. The minimum Gasteiger partial charge on any atom is -0.383 e. The second kappa shape index (κ2) is 12.2. The fourth-order valence-electron chi connectivity index (χ4n) is 4.92. The minimum absolute atomic E-state index is 0.374. The largest absolute Gasteiger partial charge is 0.383 e. The first-order chi connectivity index (χ1) is 17.1. The number of aromatic nitrogens is 3. The van der Waals surface area contributed by atoms with Gasteiger partial charge in [-0.15, -0.1) is 0 Å². The molecule has 0 spiro atoms. The average molecular weight is 480 g/mol. The van der Waals surface area contributed by atoms with Crippen LogP contribution < -0.4 is 16.0 Å². The summed E-state index contributed by atoms with van der Waals surface area (Å²) in [5, 5.41) is 20.3. The Kier molecular flexibility index (Phi) is 8.85. The summed E-state index contributed by atoms with van der Waals surface area (Å²) in [5.41, 5.74) is 1.15. The molecule has 188 valence electrons. The summed E-state index contributed by atoms with van der Waals surface area (Å²) in [6.07, 6.45) is 7.53. The van der Waals surface area contributed by atoms with Crippen molar-refractivity contribution >= 4 is 11.6 Å². The van der Waals surface area contributed by atoms with Crippen LogP contribution in [0.25, 0.3) is 11.4 Å². The van der Waals surface area contributed by atoms with Crippen molar-refractivity contribution in [1.29, 1.82) is 5.26 Å². The summed E-state index contributed by atoms with van der Waals surface area (Å²) < 4.78 is 10.7. The summed E-state index contributed by atoms with van der Waals surface area (Å²) in [4.78, 5) is 13.6. The van der Waals surface area contributed by atoms with Crippen LogP contribution in [-0.2, 0) is 9.47 Å². The van der Waals surface area contributed by atoms with Crippen LogP contribution in [0, 0.1) is 16.7 Å². The number of nitriles is 1. The van der Waals surface area contributed by atoms with Crippen LogP contribution in [0.2, 0.25) is 0 Å². The van der Waals surface area contributed by atoms with Crippen molar-refractivity contribution in [1.82, 2.24) is 20.3 Å². The molecule has 2 fully saturated rings. The fourth-order valence-corrected chi connectivity index (χ4v) is 4.92. The van der Waals surface area contributed by atoms with Crippen molar-refractivity contribution in [2.24, 2.45) is 5.41 Å². The molecule has 1 aliphatic carbocycles. The molecule has 9 heteroatoms. The number of hydrogen-bond acceptors (Lipinski definition) is 9. The molecule has 1 saturated carbocycles. The zero-order valence-corrected chi connectivity index (χ0v) is 20.8. The third kappa shape index (κ3) is 7.10. The number of nitrogens with zero attached hydrogens (tertiary/aromatic N) is 4. The van der Waals surface area contributed by atoms with Crippen molar-refractivity contribution in [2.45, 2.75) is 63.6 Å². The molecule has 2 aromatic rings. The predicted molar refractivity (Wildman–Crippen MR) is 136 cm³/mol. The van der Waals surface area contributed by atoms with Gasteiger partial charge in [-0.1, -0.05) is 6.07 Å². The van der Waals surface area contributed by atoms with E-state index in [1.165, 1.54) is 0 Å². The van der Waals surface area contributed by atoms with E-state index >= 15 is 0 Å². The number of methoxy groups -OCH3 is 1. The van der Waals surface area contributed by atoms with Crippen LogP contribution in [0.15, 0.2) is 30.6 Å². The maximum Gasteiger partial charge on any atom is 0.130 e. The van der Waals surface area contributed by atoms with Gasteiger partial charge in [0.2, 0.25) is 0 Å². The quantitative estimate of drug-likeness (QED) is 0.470. The molecule has 3 heterocycles. The topological polar surface area (TPSA) is 117 Å². The summed E-state index contributed by atoms with van der Waals surface area (Å²) in [6, 6.07) is 11.6. The van der Waals surface area contributed by atoms with Crippen LogP contribution in [-0.4, -0.2) is 66.6 Å². The van der Waals surface area contributed by atoms with Crippen molar-refractivity contribution in [3.8, 4) is 17.5 Å². The van der Waals surface area contributed by atoms with Gasteiger partial charge in [0.1, 0.15) is 18.0 Å². The number of pyridine rings is 1. The van der Waals surface area contributed by atoms with Gasteiger partial charge in [-0.05, 0) is 57.6 Å². The van der Waals surface area contributed by atoms with E-state index in [4.69, 9.17) is 14.5 Å². The molecule has 1 saturated heterocycles. The lowest BCUT2D eigenvalue weighted by Gasteiger charge is -2.31. The van der Waals surface area contributed by atoms with Crippen molar-refractivity contribution in [2.75, 3.05) is 44.1 Å². The van der Waals surface area contributed by atoms with E-state index in [-0.39, 0.29) is 0 Å². The summed E-state index contributed by atoms with van der Waals surface area (Å²) in [6.45, 7) is 4.72. The number of rotatable bonds is 10. The normalized spacial score (nSPS) is 22.7. The Hall–Kier alpha value is -2.80. The molecule has 1 unspecified atom stereocenters. The Bertz CT molecular complexity index is 982. The number of ether oxygens (including phenoxy) is 2. The molecule has 0 radical (unpaired) electrons. The summed E-state index contributed by atoms with van der Waals surface area (Å²) >= 11 is 0. The molecule has 2 aromatic heterocycles. The SMILES string of the molecule is COCC(C)NC1CCC(Nc2cc(-c3cccc(NCC4(C#N)CCOCC4)n3)ncn2)CC1. The van der Waals surface area contributed by atoms with Gasteiger partial charge in [-0.3, -0.25) is 0 Å². The van der Waals surface area contributed by atoms with E-state index in [1.54, 1.807) is 13.4 Å². The van der Waals surface area contributed by atoms with Gasteiger partial charge < -0.3 is 25.4 Å². The Morgan fingerprint density at radius 2 is 1.89 bits per heavy atom. The second-order valence-electron chi connectivity index (χ2n) is 9.77. The highest BCUT2D eigenvalue weighted by Crippen LogP contribution is 2.30. The highest BCUT2D eigenvalue weighted by molar-refractivity contribution is 5.60. The molecule has 0 amide bonds. The van der Waals surface area contributed by atoms with Crippen molar-refractivity contribution < 1.29 is 9.47 Å². The van der Waals surface area contributed by atoms with Crippen molar-refractivity contribution in [3.63, 3.8) is 0 Å². The third-order valence-electron chi connectivity index (χ3n) is 6.99. The van der Waals surface area contributed by atoms with E-state index in [0.29, 0.717) is 37.9 Å². The monoisotopic (exact) mass is 479 g/mol. The minimum atomic E-state index is -0.404. The lowest BCUT2D eigenvalue weighted by molar-refractivity contribution is 0.0455. The van der Waals surface area contributed by atoms with Gasteiger partial charge >= 0.3 is 0 Å². The molecule has 3 N–H and O–H groups in total. The molecule has 2 aliphatic rings. The van der Waals surface area contributed by atoms with Crippen LogP contribution in [0.1, 0.15) is 45.4 Å². The number of hydrogen-bond donors (Lipinski definition) is 3. The Morgan fingerprint density at radius 3 is 2.63 bits per heavy atom. The summed E-state index contributed by atoms with van der Waals surface area (Å²) in [7, 11) is 1.74. The summed E-state index contributed by atoms with van der Waals surface area (Å²) in [5.74, 6) is 1.57. The predicted octanol–water partition coefficient (Wildman–Crippen LogP) is 3.62.